The molecule has 1 heterocycles. The molecule has 0 aromatic carbocycles. The molecule has 2 heteroatoms. The van der Waals surface area contributed by atoms with Crippen molar-refractivity contribution in [2.75, 3.05) is 0 Å². The third-order valence-corrected chi connectivity index (χ3v) is 2.69. The molecule has 0 aliphatic heterocycles. The number of pyridine rings is 1. The maximum atomic E-state index is 9.14. The lowest BCUT2D eigenvalue weighted by molar-refractivity contribution is 0.563. The minimum atomic E-state index is -0.447. The van der Waals surface area contributed by atoms with Gasteiger partial charge in [0.15, 0.2) is 0 Å². The molecule has 0 saturated carbocycles. The van der Waals surface area contributed by atoms with Crippen molar-refractivity contribution >= 4 is 0 Å². The number of nitriles is 1. The summed E-state index contributed by atoms with van der Waals surface area (Å²) < 4.78 is 0. The highest BCUT2D eigenvalue weighted by Gasteiger charge is 2.27. The Morgan fingerprint density at radius 3 is 2.57 bits per heavy atom. The van der Waals surface area contributed by atoms with E-state index in [0.29, 0.717) is 0 Å². The lowest BCUT2D eigenvalue weighted by Crippen LogP contribution is -2.21. The van der Waals surface area contributed by atoms with Crippen LogP contribution in [0.4, 0.5) is 0 Å². The van der Waals surface area contributed by atoms with Gasteiger partial charge in [0.25, 0.3) is 0 Å². The fourth-order valence-corrected chi connectivity index (χ4v) is 1.59. The Morgan fingerprint density at radius 2 is 2.14 bits per heavy atom. The molecule has 0 aliphatic rings. The zero-order valence-corrected chi connectivity index (χ0v) is 9.26. The molecule has 0 aliphatic carbocycles. The van der Waals surface area contributed by atoms with Crippen LogP contribution in [0.15, 0.2) is 12.3 Å². The molecule has 14 heavy (non-hydrogen) atoms. The Balaban J connectivity index is 3.26. The van der Waals surface area contributed by atoms with Crippen molar-refractivity contribution in [2.24, 2.45) is 0 Å². The van der Waals surface area contributed by atoms with Crippen molar-refractivity contribution < 1.29 is 0 Å². The van der Waals surface area contributed by atoms with Crippen LogP contribution in [0.2, 0.25) is 0 Å². The van der Waals surface area contributed by atoms with Crippen LogP contribution in [0.3, 0.4) is 0 Å². The molecule has 0 amide bonds. The van der Waals surface area contributed by atoms with E-state index in [-0.39, 0.29) is 0 Å². The fraction of sp³-hybridized carbons (Fsp3) is 0.500. The Kier molecular flexibility index (Phi) is 2.90. The molecule has 2 nitrogen and oxygen atoms in total. The molecule has 1 aromatic heterocycles. The van der Waals surface area contributed by atoms with Crippen LogP contribution in [-0.4, -0.2) is 4.98 Å². The van der Waals surface area contributed by atoms with Crippen molar-refractivity contribution in [1.82, 2.24) is 4.98 Å². The lowest BCUT2D eigenvalue weighted by atomic mass is 9.83. The highest BCUT2D eigenvalue weighted by Crippen LogP contribution is 2.27. The summed E-state index contributed by atoms with van der Waals surface area (Å²) in [6.07, 6.45) is 2.62. The van der Waals surface area contributed by atoms with Gasteiger partial charge in [0, 0.05) is 6.20 Å². The van der Waals surface area contributed by atoms with Crippen molar-refractivity contribution in [3.8, 4) is 6.07 Å². The molecular weight excluding hydrogens is 172 g/mol. The average Bonchev–Trinajstić information content (AvgIpc) is 2.17. The van der Waals surface area contributed by atoms with E-state index in [1.54, 1.807) is 0 Å². The minimum absolute atomic E-state index is 0.447. The van der Waals surface area contributed by atoms with Gasteiger partial charge in [0.2, 0.25) is 0 Å². The Bertz CT molecular complexity index is 376. The number of hydrogen-bond donors (Lipinski definition) is 0. The quantitative estimate of drug-likeness (QED) is 0.715. The van der Waals surface area contributed by atoms with Crippen LogP contribution in [0.25, 0.3) is 0 Å². The van der Waals surface area contributed by atoms with Crippen LogP contribution in [-0.2, 0) is 5.41 Å². The molecular formula is C12H16N2. The first-order chi connectivity index (χ1) is 6.53. The normalized spacial score (nSPS) is 14.5. The largest absolute Gasteiger partial charge is 0.259 e. The van der Waals surface area contributed by atoms with E-state index in [1.807, 2.05) is 33.9 Å². The predicted octanol–water partition coefficient (Wildman–Crippen LogP) is 2.89. The molecule has 74 valence electrons. The monoisotopic (exact) mass is 188 g/mol. The van der Waals surface area contributed by atoms with E-state index in [4.69, 9.17) is 5.26 Å². The fourth-order valence-electron chi connectivity index (χ4n) is 1.59. The summed E-state index contributed by atoms with van der Waals surface area (Å²) in [5, 5.41) is 9.14. The first-order valence-electron chi connectivity index (χ1n) is 4.88. The lowest BCUT2D eigenvalue weighted by Gasteiger charge is -2.20. The molecule has 1 aromatic rings. The molecule has 1 unspecified atom stereocenters. The molecule has 0 saturated heterocycles. The summed E-state index contributed by atoms with van der Waals surface area (Å²) >= 11 is 0. The van der Waals surface area contributed by atoms with Crippen LogP contribution >= 0.6 is 0 Å². The predicted molar refractivity (Wildman–Crippen MR) is 57.0 cm³/mol. The van der Waals surface area contributed by atoms with Gasteiger partial charge < -0.3 is 0 Å². The van der Waals surface area contributed by atoms with Gasteiger partial charge in [-0.3, -0.25) is 4.98 Å². The molecule has 1 rings (SSSR count). The summed E-state index contributed by atoms with van der Waals surface area (Å²) in [7, 11) is 0. The van der Waals surface area contributed by atoms with E-state index in [1.165, 1.54) is 0 Å². The third-order valence-electron chi connectivity index (χ3n) is 2.69. The van der Waals surface area contributed by atoms with E-state index >= 15 is 0 Å². The van der Waals surface area contributed by atoms with Crippen LogP contribution in [0.5, 0.6) is 0 Å². The van der Waals surface area contributed by atoms with Gasteiger partial charge in [-0.1, -0.05) is 13.0 Å². The van der Waals surface area contributed by atoms with Gasteiger partial charge >= 0.3 is 0 Å². The summed E-state index contributed by atoms with van der Waals surface area (Å²) in [6, 6.07) is 4.42. The second-order valence-corrected chi connectivity index (χ2v) is 3.98. The second-order valence-electron chi connectivity index (χ2n) is 3.98. The SMILES string of the molecule is CCC(C)(C#N)c1ncc(C)cc1C. The summed E-state index contributed by atoms with van der Waals surface area (Å²) in [5.41, 5.74) is 2.71. The number of aryl methyl sites for hydroxylation is 2. The van der Waals surface area contributed by atoms with E-state index < -0.39 is 5.41 Å². The maximum absolute atomic E-state index is 9.14. The molecule has 0 bridgehead atoms. The smallest absolute Gasteiger partial charge is 0.0965 e. The van der Waals surface area contributed by atoms with Crippen LogP contribution < -0.4 is 0 Å². The average molecular weight is 188 g/mol. The molecule has 0 spiro atoms. The zero-order valence-electron chi connectivity index (χ0n) is 9.26. The van der Waals surface area contributed by atoms with Gasteiger partial charge in [-0.2, -0.15) is 5.26 Å². The topological polar surface area (TPSA) is 36.7 Å². The van der Waals surface area contributed by atoms with Gasteiger partial charge in [0.1, 0.15) is 0 Å². The molecule has 0 fully saturated rings. The van der Waals surface area contributed by atoms with E-state index in [0.717, 1.165) is 23.2 Å². The van der Waals surface area contributed by atoms with Crippen molar-refractivity contribution in [2.45, 2.75) is 39.5 Å². The van der Waals surface area contributed by atoms with Crippen LogP contribution in [0.1, 0.15) is 37.1 Å². The third kappa shape index (κ3) is 1.77. The Labute approximate surface area is 85.6 Å². The Hall–Kier alpha value is -1.36. The van der Waals surface area contributed by atoms with Gasteiger partial charge in [-0.15, -0.1) is 0 Å². The molecule has 0 radical (unpaired) electrons. The molecule has 1 atom stereocenters. The Morgan fingerprint density at radius 1 is 1.50 bits per heavy atom. The van der Waals surface area contributed by atoms with Crippen LogP contribution in [0, 0.1) is 25.2 Å². The number of nitrogens with zero attached hydrogens (tertiary/aromatic N) is 2. The minimum Gasteiger partial charge on any atom is -0.259 e. The van der Waals surface area contributed by atoms with Crippen molar-refractivity contribution in [3.63, 3.8) is 0 Å². The first-order valence-corrected chi connectivity index (χ1v) is 4.88. The number of hydrogen-bond acceptors (Lipinski definition) is 2. The van der Waals surface area contributed by atoms with Crippen molar-refractivity contribution in [1.29, 1.82) is 5.26 Å². The summed E-state index contributed by atoms with van der Waals surface area (Å²) in [4.78, 5) is 4.37. The summed E-state index contributed by atoms with van der Waals surface area (Å²) in [5.74, 6) is 0. The molecule has 0 N–H and O–H groups in total. The standard InChI is InChI=1S/C12H16N2/c1-5-12(4,8-13)11-10(3)6-9(2)7-14-11/h6-7H,5H2,1-4H3. The van der Waals surface area contributed by atoms with Gasteiger partial charge in [-0.25, -0.2) is 0 Å². The zero-order chi connectivity index (χ0) is 10.8. The number of aromatic nitrogens is 1. The van der Waals surface area contributed by atoms with Gasteiger partial charge in [-0.05, 0) is 38.3 Å². The van der Waals surface area contributed by atoms with E-state index in [2.05, 4.69) is 17.1 Å². The maximum Gasteiger partial charge on any atom is 0.0965 e. The highest BCUT2D eigenvalue weighted by molar-refractivity contribution is 5.33. The second kappa shape index (κ2) is 3.79. The number of rotatable bonds is 2. The van der Waals surface area contributed by atoms with Crippen molar-refractivity contribution in [3.05, 3.63) is 29.1 Å². The van der Waals surface area contributed by atoms with E-state index in [9.17, 15) is 0 Å². The first kappa shape index (κ1) is 10.7. The highest BCUT2D eigenvalue weighted by atomic mass is 14.7. The van der Waals surface area contributed by atoms with Gasteiger partial charge in [0.05, 0.1) is 17.2 Å². The summed E-state index contributed by atoms with van der Waals surface area (Å²) in [6.45, 7) is 7.99.